The quantitative estimate of drug-likeness (QED) is 0.776. The van der Waals surface area contributed by atoms with E-state index in [2.05, 4.69) is 0 Å². The van der Waals surface area contributed by atoms with Gasteiger partial charge in [0, 0.05) is 13.1 Å². The van der Waals surface area contributed by atoms with E-state index in [9.17, 15) is 13.6 Å². The first-order chi connectivity index (χ1) is 9.02. The molecule has 0 spiro atoms. The predicted octanol–water partition coefficient (Wildman–Crippen LogP) is 0.858. The lowest BCUT2D eigenvalue weighted by Gasteiger charge is -1.93. The zero-order valence-corrected chi connectivity index (χ0v) is 10.7. The van der Waals surface area contributed by atoms with E-state index in [0.717, 1.165) is 23.5 Å². The second kappa shape index (κ2) is 5.16. The molecule has 0 amide bonds. The molecule has 0 fully saturated rings. The highest BCUT2D eigenvalue weighted by Crippen LogP contribution is 2.08. The molecule has 96 valence electrons. The van der Waals surface area contributed by atoms with Gasteiger partial charge in [-0.1, -0.05) is 6.07 Å². The molecule has 0 aliphatic heterocycles. The Bertz CT molecular complexity index is 843. The van der Waals surface area contributed by atoms with Gasteiger partial charge in [-0.3, -0.25) is 4.79 Å². The summed E-state index contributed by atoms with van der Waals surface area (Å²) in [7, 11) is 1.55. The highest BCUT2D eigenvalue weighted by atomic mass is 32.1. The van der Waals surface area contributed by atoms with E-state index in [0.29, 0.717) is 14.8 Å². The summed E-state index contributed by atoms with van der Waals surface area (Å²) < 4.78 is 28.0. The number of hydrogen-bond acceptors (Lipinski definition) is 3. The minimum atomic E-state index is -0.967. The van der Waals surface area contributed by atoms with Gasteiger partial charge in [-0.25, -0.2) is 8.78 Å². The van der Waals surface area contributed by atoms with Gasteiger partial charge < -0.3 is 4.57 Å². The second-order valence-corrected chi connectivity index (χ2v) is 4.82. The SMILES string of the molecule is Cn1c(=O)/c(=C\c2ccc(F)c(F)c2)s/c1=C\C#N. The van der Waals surface area contributed by atoms with Crippen molar-refractivity contribution in [1.29, 1.82) is 5.26 Å². The second-order valence-electron chi connectivity index (χ2n) is 3.76. The van der Waals surface area contributed by atoms with Crippen LogP contribution in [-0.2, 0) is 7.05 Å². The molecule has 0 saturated carbocycles. The van der Waals surface area contributed by atoms with Crippen molar-refractivity contribution in [3.63, 3.8) is 0 Å². The van der Waals surface area contributed by atoms with Crippen molar-refractivity contribution >= 4 is 23.5 Å². The van der Waals surface area contributed by atoms with E-state index in [-0.39, 0.29) is 5.56 Å². The minimum absolute atomic E-state index is 0.281. The predicted molar refractivity (Wildman–Crippen MR) is 68.8 cm³/mol. The Hall–Kier alpha value is -2.26. The number of hydrogen-bond donors (Lipinski definition) is 0. The van der Waals surface area contributed by atoms with Gasteiger partial charge in [-0.2, -0.15) is 5.26 Å². The Morgan fingerprint density at radius 3 is 2.74 bits per heavy atom. The number of aromatic nitrogens is 1. The van der Waals surface area contributed by atoms with Crippen LogP contribution in [-0.4, -0.2) is 4.57 Å². The highest BCUT2D eigenvalue weighted by Gasteiger charge is 2.03. The Morgan fingerprint density at radius 1 is 1.37 bits per heavy atom. The average Bonchev–Trinajstić information content (AvgIpc) is 2.63. The van der Waals surface area contributed by atoms with E-state index < -0.39 is 11.6 Å². The van der Waals surface area contributed by atoms with Crippen LogP contribution in [0.5, 0.6) is 0 Å². The molecule has 1 aromatic carbocycles. The highest BCUT2D eigenvalue weighted by molar-refractivity contribution is 7.07. The minimum Gasteiger partial charge on any atom is -0.301 e. The van der Waals surface area contributed by atoms with Crippen LogP contribution in [0.25, 0.3) is 12.2 Å². The van der Waals surface area contributed by atoms with E-state index in [1.54, 1.807) is 7.05 Å². The third-order valence-electron chi connectivity index (χ3n) is 2.49. The summed E-state index contributed by atoms with van der Waals surface area (Å²) >= 11 is 1.12. The Kier molecular flexibility index (Phi) is 3.58. The van der Waals surface area contributed by atoms with Gasteiger partial charge in [0.25, 0.3) is 5.56 Å². The fourth-order valence-corrected chi connectivity index (χ4v) is 2.49. The van der Waals surface area contributed by atoms with Crippen molar-refractivity contribution in [1.82, 2.24) is 4.57 Å². The third kappa shape index (κ3) is 2.61. The van der Waals surface area contributed by atoms with Crippen molar-refractivity contribution < 1.29 is 8.78 Å². The van der Waals surface area contributed by atoms with E-state index in [4.69, 9.17) is 5.26 Å². The lowest BCUT2D eigenvalue weighted by atomic mass is 10.2. The number of nitriles is 1. The Balaban J connectivity index is 2.66. The fourth-order valence-electron chi connectivity index (χ4n) is 1.52. The molecule has 0 aliphatic rings. The maximum absolute atomic E-state index is 13.1. The number of halogens is 2. The fraction of sp³-hybridized carbons (Fsp3) is 0.0769. The molecule has 0 saturated heterocycles. The van der Waals surface area contributed by atoms with Crippen molar-refractivity contribution in [3.05, 3.63) is 54.9 Å². The first kappa shape index (κ1) is 13.2. The van der Waals surface area contributed by atoms with Crippen molar-refractivity contribution in [3.8, 4) is 6.07 Å². The molecule has 19 heavy (non-hydrogen) atoms. The Labute approximate surface area is 111 Å². The molecule has 1 aromatic heterocycles. The van der Waals surface area contributed by atoms with Gasteiger partial charge in [0.1, 0.15) is 4.66 Å². The molecule has 2 aromatic rings. The van der Waals surface area contributed by atoms with Gasteiger partial charge in [-0.15, -0.1) is 11.3 Å². The zero-order valence-electron chi connectivity index (χ0n) is 9.85. The maximum atomic E-state index is 13.1. The Morgan fingerprint density at radius 2 is 2.11 bits per heavy atom. The summed E-state index contributed by atoms with van der Waals surface area (Å²) in [5, 5.41) is 8.59. The average molecular weight is 278 g/mol. The molecule has 0 radical (unpaired) electrons. The standard InChI is InChI=1S/C13H8F2N2OS/c1-17-12(4-5-16)19-11(13(17)18)7-8-2-3-9(14)10(15)6-8/h2-4,6-7H,1H3/b11-7+,12-4-. The molecule has 0 N–H and O–H groups in total. The molecule has 6 heteroatoms. The van der Waals surface area contributed by atoms with E-state index >= 15 is 0 Å². The van der Waals surface area contributed by atoms with Crippen molar-refractivity contribution in [2.75, 3.05) is 0 Å². The van der Waals surface area contributed by atoms with Crippen LogP contribution in [0.1, 0.15) is 5.56 Å². The summed E-state index contributed by atoms with van der Waals surface area (Å²) in [5.41, 5.74) is 0.109. The monoisotopic (exact) mass is 278 g/mol. The van der Waals surface area contributed by atoms with Gasteiger partial charge in [0.2, 0.25) is 0 Å². The van der Waals surface area contributed by atoms with Crippen molar-refractivity contribution in [2.24, 2.45) is 7.05 Å². The van der Waals surface area contributed by atoms with Crippen LogP contribution in [0.3, 0.4) is 0 Å². The summed E-state index contributed by atoms with van der Waals surface area (Å²) in [5.74, 6) is -1.90. The van der Waals surface area contributed by atoms with Crippen LogP contribution < -0.4 is 14.8 Å². The third-order valence-corrected chi connectivity index (χ3v) is 3.60. The molecule has 0 unspecified atom stereocenters. The summed E-state index contributed by atoms with van der Waals surface area (Å²) in [6.07, 6.45) is 2.72. The number of rotatable bonds is 1. The molecule has 0 aliphatic carbocycles. The van der Waals surface area contributed by atoms with Crippen LogP contribution in [0.4, 0.5) is 8.78 Å². The molecule has 2 rings (SSSR count). The molecule has 3 nitrogen and oxygen atoms in total. The van der Waals surface area contributed by atoms with Gasteiger partial charge >= 0.3 is 0 Å². The molecular formula is C13H8F2N2OS. The lowest BCUT2D eigenvalue weighted by molar-refractivity contribution is 0.508. The van der Waals surface area contributed by atoms with Crippen LogP contribution in [0, 0.1) is 23.0 Å². The largest absolute Gasteiger partial charge is 0.301 e. The van der Waals surface area contributed by atoms with Crippen LogP contribution in [0.15, 0.2) is 23.0 Å². The first-order valence-corrected chi connectivity index (χ1v) is 6.07. The summed E-state index contributed by atoms with van der Waals surface area (Å²) in [6.45, 7) is 0. The first-order valence-electron chi connectivity index (χ1n) is 5.25. The van der Waals surface area contributed by atoms with Gasteiger partial charge in [-0.05, 0) is 23.8 Å². The van der Waals surface area contributed by atoms with E-state index in [1.165, 1.54) is 22.8 Å². The topological polar surface area (TPSA) is 45.8 Å². The number of benzene rings is 1. The zero-order chi connectivity index (χ0) is 14.0. The van der Waals surface area contributed by atoms with Crippen molar-refractivity contribution in [2.45, 2.75) is 0 Å². The number of nitrogens with zero attached hydrogens (tertiary/aromatic N) is 2. The lowest BCUT2D eigenvalue weighted by Crippen LogP contribution is -2.28. The smallest absolute Gasteiger partial charge is 0.268 e. The molecule has 1 heterocycles. The molecular weight excluding hydrogens is 270 g/mol. The van der Waals surface area contributed by atoms with Crippen LogP contribution >= 0.6 is 11.3 Å². The van der Waals surface area contributed by atoms with Gasteiger partial charge in [0.15, 0.2) is 11.6 Å². The van der Waals surface area contributed by atoms with Gasteiger partial charge in [0.05, 0.1) is 10.6 Å². The molecule has 0 bridgehead atoms. The maximum Gasteiger partial charge on any atom is 0.268 e. The normalized spacial score (nSPS) is 12.7. The summed E-state index contributed by atoms with van der Waals surface area (Å²) in [6, 6.07) is 5.25. The number of thiazole rings is 1. The van der Waals surface area contributed by atoms with E-state index in [1.807, 2.05) is 6.07 Å². The molecule has 0 atom stereocenters. The van der Waals surface area contributed by atoms with Crippen LogP contribution in [0.2, 0.25) is 0 Å². The summed E-state index contributed by atoms with van der Waals surface area (Å²) in [4.78, 5) is 11.9.